The summed E-state index contributed by atoms with van der Waals surface area (Å²) in [7, 11) is 0. The van der Waals surface area contributed by atoms with Crippen molar-refractivity contribution in [2.45, 2.75) is 20.3 Å². The van der Waals surface area contributed by atoms with Crippen LogP contribution in [0.3, 0.4) is 0 Å². The molecular weight excluding hydrogens is 491 g/mol. The van der Waals surface area contributed by atoms with Crippen LogP contribution in [-0.4, -0.2) is 54.4 Å². The standard InChI is InChI=1S/C22H26Cl2N4O4.ClH/c1-3-26(4-2)13-6-14-27(22(30)16-9-11-17(12-10-16)28(31)32)15-20(29)25-21-18(23)7-5-8-19(21)24;/h5,7-12H,3-4,6,13-15H2,1-2H3,(H,25,29);1H. The lowest BCUT2D eigenvalue weighted by molar-refractivity contribution is -0.896. The van der Waals surface area contributed by atoms with Crippen molar-refractivity contribution in [3.8, 4) is 0 Å². The molecule has 0 radical (unpaired) electrons. The second-order valence-electron chi connectivity index (χ2n) is 7.24. The smallest absolute Gasteiger partial charge is 0.269 e. The van der Waals surface area contributed by atoms with E-state index in [1.54, 1.807) is 18.2 Å². The van der Waals surface area contributed by atoms with Gasteiger partial charge in [-0.25, -0.2) is 0 Å². The molecule has 0 spiro atoms. The number of carbonyl (C=O) groups is 2. The minimum atomic E-state index is -0.528. The summed E-state index contributed by atoms with van der Waals surface area (Å²) in [6.45, 7) is 7.15. The van der Waals surface area contributed by atoms with Crippen molar-refractivity contribution in [1.82, 2.24) is 4.90 Å². The zero-order valence-electron chi connectivity index (χ0n) is 18.4. The number of nitrogens with zero attached hydrogens (tertiary/aromatic N) is 2. The molecule has 0 aliphatic rings. The van der Waals surface area contributed by atoms with Gasteiger partial charge < -0.3 is 27.5 Å². The number of benzene rings is 2. The monoisotopic (exact) mass is 516 g/mol. The molecule has 2 rings (SSSR count). The Morgan fingerprint density at radius 3 is 2.15 bits per heavy atom. The Kier molecular flexibility index (Phi) is 12.2. The van der Waals surface area contributed by atoms with Crippen LogP contribution >= 0.6 is 23.2 Å². The maximum absolute atomic E-state index is 13.1. The molecule has 8 nitrogen and oxygen atoms in total. The third kappa shape index (κ3) is 8.47. The minimum absolute atomic E-state index is 0. The Balaban J connectivity index is 0.00000544. The van der Waals surface area contributed by atoms with Crippen molar-refractivity contribution < 1.29 is 31.8 Å². The number of anilines is 1. The number of non-ortho nitro benzene ring substituents is 1. The number of nitro benzene ring substituents is 1. The van der Waals surface area contributed by atoms with Crippen LogP contribution in [0.25, 0.3) is 0 Å². The molecule has 33 heavy (non-hydrogen) atoms. The van der Waals surface area contributed by atoms with Crippen molar-refractivity contribution in [2.75, 3.05) is 38.0 Å². The number of carbonyl (C=O) groups excluding carboxylic acids is 2. The molecule has 0 unspecified atom stereocenters. The predicted molar refractivity (Wildman–Crippen MR) is 126 cm³/mol. The quantitative estimate of drug-likeness (QED) is 0.331. The number of halogens is 3. The molecule has 0 atom stereocenters. The molecule has 0 bridgehead atoms. The summed E-state index contributed by atoms with van der Waals surface area (Å²) in [4.78, 5) is 39.0. The highest BCUT2D eigenvalue weighted by atomic mass is 35.5. The highest BCUT2D eigenvalue weighted by Crippen LogP contribution is 2.29. The van der Waals surface area contributed by atoms with Crippen LogP contribution in [-0.2, 0) is 4.79 Å². The number of nitro groups is 1. The van der Waals surface area contributed by atoms with E-state index in [2.05, 4.69) is 19.2 Å². The lowest BCUT2D eigenvalue weighted by Gasteiger charge is -2.24. The van der Waals surface area contributed by atoms with Gasteiger partial charge in [-0.05, 0) is 38.1 Å². The molecule has 0 fully saturated rings. The Morgan fingerprint density at radius 2 is 1.64 bits per heavy atom. The first kappa shape index (κ1) is 28.6. The first-order valence-electron chi connectivity index (χ1n) is 10.4. The highest BCUT2D eigenvalue weighted by Gasteiger charge is 2.21. The van der Waals surface area contributed by atoms with Gasteiger partial charge in [0, 0.05) is 30.7 Å². The maximum atomic E-state index is 13.1. The van der Waals surface area contributed by atoms with Gasteiger partial charge >= 0.3 is 0 Å². The van der Waals surface area contributed by atoms with Crippen LogP contribution < -0.4 is 22.6 Å². The van der Waals surface area contributed by atoms with Crippen LogP contribution in [0.2, 0.25) is 10.0 Å². The number of para-hydroxylation sites is 1. The molecule has 2 N–H and O–H groups in total. The largest absolute Gasteiger partial charge is 1.00 e. The van der Waals surface area contributed by atoms with Crippen LogP contribution in [0.4, 0.5) is 11.4 Å². The van der Waals surface area contributed by atoms with E-state index in [0.29, 0.717) is 23.0 Å². The van der Waals surface area contributed by atoms with Crippen LogP contribution in [0, 0.1) is 10.1 Å². The maximum Gasteiger partial charge on any atom is 0.269 e. The molecule has 0 saturated heterocycles. The van der Waals surface area contributed by atoms with Crippen LogP contribution in [0.15, 0.2) is 42.5 Å². The summed E-state index contributed by atoms with van der Waals surface area (Å²) in [5.74, 6) is -0.819. The van der Waals surface area contributed by atoms with Crippen molar-refractivity contribution in [1.29, 1.82) is 0 Å². The summed E-state index contributed by atoms with van der Waals surface area (Å²) < 4.78 is 0. The first-order valence-corrected chi connectivity index (χ1v) is 11.1. The summed E-state index contributed by atoms with van der Waals surface area (Å²) >= 11 is 12.2. The fraction of sp³-hybridized carbons (Fsp3) is 0.364. The fourth-order valence-electron chi connectivity index (χ4n) is 3.25. The fourth-order valence-corrected chi connectivity index (χ4v) is 3.75. The lowest BCUT2D eigenvalue weighted by atomic mass is 10.1. The van der Waals surface area contributed by atoms with Crippen molar-refractivity contribution in [2.24, 2.45) is 0 Å². The Labute approximate surface area is 209 Å². The summed E-state index contributed by atoms with van der Waals surface area (Å²) in [6, 6.07) is 10.2. The third-order valence-electron chi connectivity index (χ3n) is 5.13. The van der Waals surface area contributed by atoms with Gasteiger partial charge in [0.05, 0.1) is 40.3 Å². The van der Waals surface area contributed by atoms with E-state index in [1.807, 2.05) is 0 Å². The number of amides is 2. The van der Waals surface area contributed by atoms with Gasteiger partial charge in [-0.1, -0.05) is 29.3 Å². The van der Waals surface area contributed by atoms with Crippen LogP contribution in [0.1, 0.15) is 30.6 Å². The lowest BCUT2D eigenvalue weighted by Crippen LogP contribution is -3.11. The van der Waals surface area contributed by atoms with E-state index >= 15 is 0 Å². The van der Waals surface area contributed by atoms with Gasteiger partial charge in [-0.15, -0.1) is 0 Å². The molecule has 0 aliphatic carbocycles. The van der Waals surface area contributed by atoms with Crippen molar-refractivity contribution in [3.63, 3.8) is 0 Å². The molecule has 180 valence electrons. The number of quaternary nitrogens is 1. The summed E-state index contributed by atoms with van der Waals surface area (Å²) in [5.41, 5.74) is 0.454. The van der Waals surface area contributed by atoms with E-state index in [1.165, 1.54) is 34.1 Å². The average Bonchev–Trinajstić information content (AvgIpc) is 2.78. The van der Waals surface area contributed by atoms with E-state index < -0.39 is 10.8 Å². The summed E-state index contributed by atoms with van der Waals surface area (Å²) in [6.07, 6.45) is 0.704. The minimum Gasteiger partial charge on any atom is -1.00 e. The zero-order chi connectivity index (χ0) is 23.7. The number of rotatable bonds is 11. The first-order chi connectivity index (χ1) is 15.3. The van der Waals surface area contributed by atoms with Gasteiger partial charge in [-0.3, -0.25) is 19.7 Å². The topological polar surface area (TPSA) is 97.0 Å². The number of nitrogens with one attached hydrogen (secondary N) is 2. The second kappa shape index (κ2) is 14.0. The molecule has 2 aromatic carbocycles. The number of hydrogen-bond donors (Lipinski definition) is 2. The van der Waals surface area contributed by atoms with Crippen molar-refractivity contribution in [3.05, 3.63) is 68.2 Å². The van der Waals surface area contributed by atoms with E-state index in [0.717, 1.165) is 19.6 Å². The Bertz CT molecular complexity index is 933. The molecule has 11 heteroatoms. The molecule has 0 saturated carbocycles. The van der Waals surface area contributed by atoms with Crippen molar-refractivity contribution >= 4 is 46.4 Å². The average molecular weight is 518 g/mol. The highest BCUT2D eigenvalue weighted by molar-refractivity contribution is 6.39. The molecule has 0 aromatic heterocycles. The van der Waals surface area contributed by atoms with Gasteiger partial charge in [-0.2, -0.15) is 0 Å². The van der Waals surface area contributed by atoms with Gasteiger partial charge in [0.25, 0.3) is 11.6 Å². The second-order valence-corrected chi connectivity index (χ2v) is 8.05. The normalized spacial score (nSPS) is 10.5. The van der Waals surface area contributed by atoms with E-state index in [9.17, 15) is 19.7 Å². The van der Waals surface area contributed by atoms with E-state index in [-0.39, 0.29) is 41.8 Å². The molecule has 2 amide bonds. The Hall–Kier alpha value is -2.39. The number of hydrogen-bond acceptors (Lipinski definition) is 4. The summed E-state index contributed by atoms with van der Waals surface area (Å²) in [5, 5.41) is 14.1. The molecule has 0 aliphatic heterocycles. The Morgan fingerprint density at radius 1 is 1.06 bits per heavy atom. The third-order valence-corrected chi connectivity index (χ3v) is 5.76. The molecule has 0 heterocycles. The zero-order valence-corrected chi connectivity index (χ0v) is 20.7. The molecule has 2 aromatic rings. The predicted octanol–water partition coefficient (Wildman–Crippen LogP) is 0.301. The van der Waals surface area contributed by atoms with Crippen LogP contribution in [0.5, 0.6) is 0 Å². The van der Waals surface area contributed by atoms with E-state index in [4.69, 9.17) is 23.2 Å². The van der Waals surface area contributed by atoms with Gasteiger partial charge in [0.15, 0.2) is 0 Å². The van der Waals surface area contributed by atoms with Gasteiger partial charge in [0.1, 0.15) is 6.54 Å². The molecular formula is C22H27Cl3N4O4. The van der Waals surface area contributed by atoms with Gasteiger partial charge in [0.2, 0.25) is 5.91 Å². The SMILES string of the molecule is CC[NH+](CC)CCCN(CC(=O)Nc1c(Cl)cccc1Cl)C(=O)c1ccc([N+](=O)[O-])cc1.[Cl-].